The van der Waals surface area contributed by atoms with E-state index in [4.69, 9.17) is 9.78 Å². The molecule has 0 saturated carbocycles. The van der Waals surface area contributed by atoms with Gasteiger partial charge in [-0.3, -0.25) is 0 Å². The Hall–Kier alpha value is -1.64. The van der Waals surface area contributed by atoms with Crippen LogP contribution in [0.4, 0.5) is 0 Å². The van der Waals surface area contributed by atoms with Crippen LogP contribution in [0.5, 0.6) is 0 Å². The van der Waals surface area contributed by atoms with Crippen molar-refractivity contribution in [1.82, 2.24) is 0 Å². The Morgan fingerprint density at radius 1 is 0.607 bits per heavy atom. The van der Waals surface area contributed by atoms with Crippen LogP contribution in [0.2, 0.25) is 0 Å². The molecule has 0 radical (unpaired) electrons. The second kappa shape index (κ2) is 10.2. The van der Waals surface area contributed by atoms with Gasteiger partial charge in [-0.2, -0.15) is 0 Å². The predicted molar refractivity (Wildman–Crippen MR) is 118 cm³/mol. The molecule has 2 heteroatoms. The van der Waals surface area contributed by atoms with Crippen LogP contribution in [-0.4, -0.2) is 0 Å². The normalized spacial score (nSPS) is 12.4. The first-order chi connectivity index (χ1) is 13.3. The second-order valence-electron chi connectivity index (χ2n) is 8.71. The summed E-state index contributed by atoms with van der Waals surface area (Å²) in [4.78, 5) is 12.2. The van der Waals surface area contributed by atoms with Gasteiger partial charge in [0.25, 0.3) is 0 Å². The molecule has 0 saturated heterocycles. The molecule has 0 spiro atoms. The summed E-state index contributed by atoms with van der Waals surface area (Å²) in [6.07, 6.45) is 6.89. The van der Waals surface area contributed by atoms with Gasteiger partial charge in [-0.1, -0.05) is 75.2 Å². The standard InChI is InChI=1S/C26H38O2/c1-7-9-15-21-17-11-13-19-23(21)25(3,4)27-28-26(5,6)24-20-14-12-18-22(24)16-10-8-2/h11-14,17-20H,7-10,15-16H2,1-6H3. The van der Waals surface area contributed by atoms with Crippen molar-refractivity contribution in [3.63, 3.8) is 0 Å². The third-order valence-corrected chi connectivity index (χ3v) is 5.39. The number of hydrogen-bond acceptors (Lipinski definition) is 2. The lowest BCUT2D eigenvalue weighted by Crippen LogP contribution is -2.31. The van der Waals surface area contributed by atoms with Crippen molar-refractivity contribution in [2.45, 2.75) is 91.3 Å². The Balaban J connectivity index is 2.18. The molecule has 0 heterocycles. The van der Waals surface area contributed by atoms with Gasteiger partial charge >= 0.3 is 0 Å². The maximum absolute atomic E-state index is 6.11. The molecule has 0 amide bonds. The van der Waals surface area contributed by atoms with Gasteiger partial charge in [0.05, 0.1) is 0 Å². The van der Waals surface area contributed by atoms with Crippen molar-refractivity contribution in [3.8, 4) is 0 Å². The van der Waals surface area contributed by atoms with E-state index in [1.54, 1.807) is 0 Å². The van der Waals surface area contributed by atoms with E-state index in [0.29, 0.717) is 0 Å². The zero-order valence-electron chi connectivity index (χ0n) is 18.7. The molecule has 0 unspecified atom stereocenters. The lowest BCUT2D eigenvalue weighted by molar-refractivity contribution is -0.410. The highest BCUT2D eigenvalue weighted by atomic mass is 17.2. The van der Waals surface area contributed by atoms with Crippen molar-refractivity contribution in [2.24, 2.45) is 0 Å². The molecule has 0 aliphatic heterocycles. The monoisotopic (exact) mass is 382 g/mol. The van der Waals surface area contributed by atoms with Gasteiger partial charge in [-0.15, -0.1) is 0 Å². The van der Waals surface area contributed by atoms with Crippen molar-refractivity contribution in [3.05, 3.63) is 70.8 Å². The van der Waals surface area contributed by atoms with Crippen LogP contribution in [0.1, 0.15) is 89.5 Å². The Bertz CT molecular complexity index is 667. The molecule has 0 aliphatic carbocycles. The van der Waals surface area contributed by atoms with Crippen molar-refractivity contribution in [2.75, 3.05) is 0 Å². The molecule has 0 aliphatic rings. The lowest BCUT2D eigenvalue weighted by atomic mass is 9.90. The van der Waals surface area contributed by atoms with E-state index in [9.17, 15) is 0 Å². The van der Waals surface area contributed by atoms with E-state index in [0.717, 1.165) is 12.8 Å². The summed E-state index contributed by atoms with van der Waals surface area (Å²) >= 11 is 0. The molecule has 0 atom stereocenters. The van der Waals surface area contributed by atoms with E-state index in [1.165, 1.54) is 47.9 Å². The number of benzene rings is 2. The molecule has 2 aromatic rings. The number of aryl methyl sites for hydroxylation is 2. The first-order valence-electron chi connectivity index (χ1n) is 10.9. The summed E-state index contributed by atoms with van der Waals surface area (Å²) in [5.41, 5.74) is 4.08. The first kappa shape index (κ1) is 22.6. The number of hydrogen-bond donors (Lipinski definition) is 0. The Morgan fingerprint density at radius 3 is 1.32 bits per heavy atom. The summed E-state index contributed by atoms with van der Waals surface area (Å²) in [5, 5.41) is 0. The Kier molecular flexibility index (Phi) is 8.27. The highest BCUT2D eigenvalue weighted by Crippen LogP contribution is 2.35. The van der Waals surface area contributed by atoms with Crippen LogP contribution >= 0.6 is 0 Å². The molecule has 0 bridgehead atoms. The van der Waals surface area contributed by atoms with E-state index < -0.39 is 11.2 Å². The summed E-state index contributed by atoms with van der Waals surface area (Å²) in [7, 11) is 0. The first-order valence-corrected chi connectivity index (χ1v) is 10.9. The third kappa shape index (κ3) is 5.93. The largest absolute Gasteiger partial charge is 0.225 e. The van der Waals surface area contributed by atoms with Crippen molar-refractivity contribution in [1.29, 1.82) is 0 Å². The van der Waals surface area contributed by atoms with Crippen LogP contribution in [0.15, 0.2) is 48.5 Å². The summed E-state index contributed by atoms with van der Waals surface area (Å²) in [5.74, 6) is 0. The van der Waals surface area contributed by atoms with Crippen LogP contribution in [-0.2, 0) is 33.8 Å². The highest BCUT2D eigenvalue weighted by Gasteiger charge is 2.31. The fourth-order valence-corrected chi connectivity index (χ4v) is 3.68. The number of rotatable bonds is 11. The van der Waals surface area contributed by atoms with Gasteiger partial charge in [-0.25, -0.2) is 9.78 Å². The Morgan fingerprint density at radius 2 is 0.964 bits per heavy atom. The van der Waals surface area contributed by atoms with E-state index in [1.807, 2.05) is 0 Å². The molecule has 154 valence electrons. The molecule has 2 rings (SSSR count). The lowest BCUT2D eigenvalue weighted by Gasteiger charge is -2.33. The van der Waals surface area contributed by atoms with E-state index >= 15 is 0 Å². The van der Waals surface area contributed by atoms with E-state index in [2.05, 4.69) is 90.1 Å². The molecule has 2 nitrogen and oxygen atoms in total. The molecular formula is C26H38O2. The van der Waals surface area contributed by atoms with Crippen LogP contribution in [0.25, 0.3) is 0 Å². The van der Waals surface area contributed by atoms with Gasteiger partial charge in [-0.05, 0) is 75.6 Å². The molecule has 0 aromatic heterocycles. The molecular weight excluding hydrogens is 344 g/mol. The van der Waals surface area contributed by atoms with Crippen molar-refractivity contribution < 1.29 is 9.78 Å². The number of unbranched alkanes of at least 4 members (excludes halogenated alkanes) is 2. The SMILES string of the molecule is CCCCc1ccccc1C(C)(C)OOC(C)(C)c1ccccc1CCCC. The van der Waals surface area contributed by atoms with Gasteiger partial charge in [0.15, 0.2) is 0 Å². The van der Waals surface area contributed by atoms with Gasteiger partial charge in [0.2, 0.25) is 0 Å². The van der Waals surface area contributed by atoms with Gasteiger partial charge in [0.1, 0.15) is 11.2 Å². The average Bonchev–Trinajstić information content (AvgIpc) is 2.70. The van der Waals surface area contributed by atoms with Crippen LogP contribution < -0.4 is 0 Å². The average molecular weight is 383 g/mol. The van der Waals surface area contributed by atoms with Gasteiger partial charge < -0.3 is 0 Å². The zero-order valence-corrected chi connectivity index (χ0v) is 18.7. The smallest absolute Gasteiger partial charge is 0.123 e. The molecule has 0 fully saturated rings. The maximum Gasteiger partial charge on any atom is 0.123 e. The van der Waals surface area contributed by atoms with Gasteiger partial charge in [0, 0.05) is 0 Å². The summed E-state index contributed by atoms with van der Waals surface area (Å²) in [6, 6.07) is 17.1. The predicted octanol–water partition coefficient (Wildman–Crippen LogP) is 7.49. The Labute approximate surface area is 172 Å². The quantitative estimate of drug-likeness (QED) is 0.296. The summed E-state index contributed by atoms with van der Waals surface area (Å²) < 4.78 is 0. The molecule has 28 heavy (non-hydrogen) atoms. The third-order valence-electron chi connectivity index (χ3n) is 5.39. The highest BCUT2D eigenvalue weighted by molar-refractivity contribution is 5.33. The maximum atomic E-state index is 6.11. The fourth-order valence-electron chi connectivity index (χ4n) is 3.68. The molecule has 2 aromatic carbocycles. The topological polar surface area (TPSA) is 18.5 Å². The minimum absolute atomic E-state index is 0.514. The van der Waals surface area contributed by atoms with Crippen LogP contribution in [0, 0.1) is 0 Å². The second-order valence-corrected chi connectivity index (χ2v) is 8.71. The summed E-state index contributed by atoms with van der Waals surface area (Å²) in [6.45, 7) is 12.8. The van der Waals surface area contributed by atoms with E-state index in [-0.39, 0.29) is 0 Å². The van der Waals surface area contributed by atoms with Crippen molar-refractivity contribution >= 4 is 0 Å². The fraction of sp³-hybridized carbons (Fsp3) is 0.538. The minimum Gasteiger partial charge on any atom is -0.225 e. The zero-order chi connectivity index (χ0) is 20.6. The molecule has 0 N–H and O–H groups in total. The van der Waals surface area contributed by atoms with Crippen LogP contribution in [0.3, 0.4) is 0 Å². The minimum atomic E-state index is -0.514.